The van der Waals surface area contributed by atoms with Crippen LogP contribution in [0.3, 0.4) is 0 Å². The smallest absolute Gasteiger partial charge is 0.206 e. The van der Waals surface area contributed by atoms with Crippen molar-refractivity contribution in [1.82, 2.24) is 0 Å². The number of rotatable bonds is 3. The number of hydrogen-bond donors (Lipinski definition) is 0. The largest absolute Gasteiger partial charge is 0.419 e. The minimum atomic E-state index is -4.63. The molecule has 0 radical (unpaired) electrons. The van der Waals surface area contributed by atoms with Gasteiger partial charge >= 0.3 is 6.18 Å². The predicted octanol–water partition coefficient (Wildman–Crippen LogP) is 5.12. The van der Waals surface area contributed by atoms with Crippen LogP contribution in [0.15, 0.2) is 18.2 Å². The Morgan fingerprint density at radius 1 is 1.24 bits per heavy atom. The van der Waals surface area contributed by atoms with Crippen LogP contribution in [0.5, 0.6) is 0 Å². The number of benzene rings is 1. The number of halogens is 5. The summed E-state index contributed by atoms with van der Waals surface area (Å²) in [6.07, 6.45) is -3.89. The third-order valence-corrected chi connectivity index (χ3v) is 2.92. The minimum Gasteiger partial charge on any atom is -0.206 e. The van der Waals surface area contributed by atoms with Crippen LogP contribution in [0.4, 0.5) is 17.6 Å². The summed E-state index contributed by atoms with van der Waals surface area (Å²) in [5.41, 5.74) is -0.623. The van der Waals surface area contributed by atoms with Crippen LogP contribution in [0, 0.1) is 5.82 Å². The van der Waals surface area contributed by atoms with Gasteiger partial charge in [-0.05, 0) is 30.0 Å². The summed E-state index contributed by atoms with van der Waals surface area (Å²) in [4.78, 5) is 0.239. The third kappa shape index (κ3) is 3.98. The summed E-state index contributed by atoms with van der Waals surface area (Å²) in [7, 11) is 0. The molecule has 1 rings (SSSR count). The van der Waals surface area contributed by atoms with Crippen LogP contribution >= 0.6 is 15.9 Å². The predicted molar refractivity (Wildman–Crippen MR) is 62.8 cm³/mol. The zero-order chi connectivity index (χ0) is 13.2. The van der Waals surface area contributed by atoms with Crippen molar-refractivity contribution in [3.05, 3.63) is 35.1 Å². The monoisotopic (exact) mass is 312 g/mol. The summed E-state index contributed by atoms with van der Waals surface area (Å²) in [6.45, 7) is 3.80. The molecule has 0 saturated heterocycles. The molecular weight excluding hydrogens is 300 g/mol. The molecule has 2 atom stereocenters. The molecule has 2 unspecified atom stereocenters. The maximum absolute atomic E-state index is 13.3. The Labute approximate surface area is 106 Å². The third-order valence-electron chi connectivity index (χ3n) is 2.55. The molecule has 17 heavy (non-hydrogen) atoms. The molecule has 96 valence electrons. The summed E-state index contributed by atoms with van der Waals surface area (Å²) in [6, 6.07) is 3.12. The molecule has 0 aromatic heterocycles. The Morgan fingerprint density at radius 3 is 2.24 bits per heavy atom. The van der Waals surface area contributed by atoms with Crippen LogP contribution < -0.4 is 0 Å². The summed E-state index contributed by atoms with van der Waals surface area (Å²) in [5.74, 6) is -1.19. The van der Waals surface area contributed by atoms with Crippen molar-refractivity contribution in [3.8, 4) is 0 Å². The van der Waals surface area contributed by atoms with E-state index in [1.54, 1.807) is 0 Å². The lowest BCUT2D eigenvalue weighted by molar-refractivity contribution is -0.140. The second-order valence-corrected chi connectivity index (χ2v) is 5.72. The van der Waals surface area contributed by atoms with Gasteiger partial charge in [-0.15, -0.1) is 0 Å². The molecular formula is C12H13BrF4. The van der Waals surface area contributed by atoms with E-state index in [-0.39, 0.29) is 10.7 Å². The van der Waals surface area contributed by atoms with Crippen molar-refractivity contribution >= 4 is 15.9 Å². The molecule has 0 spiro atoms. The molecule has 0 aliphatic rings. The first kappa shape index (κ1) is 14.5. The van der Waals surface area contributed by atoms with E-state index in [1.165, 1.54) is 6.07 Å². The first-order valence-corrected chi connectivity index (χ1v) is 6.14. The number of hydrogen-bond acceptors (Lipinski definition) is 0. The van der Waals surface area contributed by atoms with Gasteiger partial charge in [-0.2, -0.15) is 13.2 Å². The fourth-order valence-electron chi connectivity index (χ4n) is 1.69. The lowest BCUT2D eigenvalue weighted by Gasteiger charge is -2.15. The Bertz CT molecular complexity index is 385. The minimum absolute atomic E-state index is 0.0150. The van der Waals surface area contributed by atoms with Gasteiger partial charge in [0.1, 0.15) is 5.82 Å². The van der Waals surface area contributed by atoms with E-state index in [0.29, 0.717) is 5.56 Å². The van der Waals surface area contributed by atoms with Crippen LogP contribution in [-0.4, -0.2) is 4.83 Å². The molecule has 0 aliphatic carbocycles. The van der Waals surface area contributed by atoms with Gasteiger partial charge < -0.3 is 0 Å². The van der Waals surface area contributed by atoms with E-state index in [9.17, 15) is 17.6 Å². The maximum atomic E-state index is 13.3. The molecule has 5 heteroatoms. The van der Waals surface area contributed by atoms with Crippen LogP contribution in [0.1, 0.15) is 37.3 Å². The molecule has 0 amide bonds. The molecule has 1 aromatic rings. The van der Waals surface area contributed by atoms with Gasteiger partial charge in [-0.25, -0.2) is 4.39 Å². The standard InChI is InChI=1S/C12H13BrF4/c1-7(5-8(2)13)9-3-4-10(11(14)6-9)12(15,16)17/h3-4,6-8H,5H2,1-2H3. The molecule has 0 nitrogen and oxygen atoms in total. The molecule has 1 aromatic carbocycles. The Morgan fingerprint density at radius 2 is 1.82 bits per heavy atom. The van der Waals surface area contributed by atoms with E-state index in [4.69, 9.17) is 0 Å². The number of alkyl halides is 4. The maximum Gasteiger partial charge on any atom is 0.419 e. The van der Waals surface area contributed by atoms with Crippen molar-refractivity contribution in [3.63, 3.8) is 0 Å². The Hall–Kier alpha value is -0.580. The van der Waals surface area contributed by atoms with Gasteiger partial charge in [-0.1, -0.05) is 35.8 Å². The molecule has 0 N–H and O–H groups in total. The van der Waals surface area contributed by atoms with E-state index in [0.717, 1.165) is 18.6 Å². The lowest BCUT2D eigenvalue weighted by atomic mass is 9.95. The highest BCUT2D eigenvalue weighted by molar-refractivity contribution is 9.09. The second kappa shape index (κ2) is 5.38. The van der Waals surface area contributed by atoms with Gasteiger partial charge in [0, 0.05) is 4.83 Å². The van der Waals surface area contributed by atoms with Crippen molar-refractivity contribution in [1.29, 1.82) is 0 Å². The van der Waals surface area contributed by atoms with Gasteiger partial charge in [0.05, 0.1) is 5.56 Å². The van der Waals surface area contributed by atoms with Crippen LogP contribution in [-0.2, 0) is 6.18 Å². The van der Waals surface area contributed by atoms with E-state index in [1.807, 2.05) is 13.8 Å². The zero-order valence-electron chi connectivity index (χ0n) is 9.48. The summed E-state index contributed by atoms with van der Waals surface area (Å²) in [5, 5.41) is 0. The highest BCUT2D eigenvalue weighted by atomic mass is 79.9. The molecule has 0 saturated carbocycles. The average Bonchev–Trinajstić information content (AvgIpc) is 2.14. The highest BCUT2D eigenvalue weighted by Gasteiger charge is 2.34. The normalized spacial score (nSPS) is 15.7. The van der Waals surface area contributed by atoms with Gasteiger partial charge in [-0.3, -0.25) is 0 Å². The molecule has 0 fully saturated rings. The van der Waals surface area contributed by atoms with E-state index >= 15 is 0 Å². The van der Waals surface area contributed by atoms with Crippen LogP contribution in [0.2, 0.25) is 0 Å². The average molecular weight is 313 g/mol. The zero-order valence-corrected chi connectivity index (χ0v) is 11.1. The quantitative estimate of drug-likeness (QED) is 0.536. The van der Waals surface area contributed by atoms with Crippen molar-refractivity contribution in [2.75, 3.05) is 0 Å². The van der Waals surface area contributed by atoms with Crippen LogP contribution in [0.25, 0.3) is 0 Å². The summed E-state index contributed by atoms with van der Waals surface area (Å²) >= 11 is 3.36. The first-order chi connectivity index (χ1) is 7.71. The SMILES string of the molecule is CC(Br)CC(C)c1ccc(C(F)(F)F)c(F)c1. The van der Waals surface area contributed by atoms with Crippen molar-refractivity contribution in [2.45, 2.75) is 37.2 Å². The van der Waals surface area contributed by atoms with Gasteiger partial charge in [0.15, 0.2) is 0 Å². The first-order valence-electron chi connectivity index (χ1n) is 5.22. The van der Waals surface area contributed by atoms with Gasteiger partial charge in [0.2, 0.25) is 0 Å². The fourth-order valence-corrected chi connectivity index (χ4v) is 2.25. The fraction of sp³-hybridized carbons (Fsp3) is 0.500. The van der Waals surface area contributed by atoms with Crippen molar-refractivity contribution < 1.29 is 17.6 Å². The molecule has 0 heterocycles. The highest BCUT2D eigenvalue weighted by Crippen LogP contribution is 2.33. The Kier molecular flexibility index (Phi) is 4.58. The molecule has 0 aliphatic heterocycles. The second-order valence-electron chi connectivity index (χ2n) is 4.15. The summed E-state index contributed by atoms with van der Waals surface area (Å²) < 4.78 is 50.3. The topological polar surface area (TPSA) is 0 Å². The van der Waals surface area contributed by atoms with Gasteiger partial charge in [0.25, 0.3) is 0 Å². The van der Waals surface area contributed by atoms with E-state index in [2.05, 4.69) is 15.9 Å². The molecule has 0 bridgehead atoms. The Balaban J connectivity index is 2.97. The lowest BCUT2D eigenvalue weighted by Crippen LogP contribution is -2.09. The van der Waals surface area contributed by atoms with E-state index < -0.39 is 17.6 Å². The van der Waals surface area contributed by atoms with Crippen molar-refractivity contribution in [2.24, 2.45) is 0 Å².